The topological polar surface area (TPSA) is 50.4 Å². The molecule has 1 saturated heterocycles. The third kappa shape index (κ3) is 6.81. The monoisotopic (exact) mass is 270 g/mol. The lowest BCUT2D eigenvalue weighted by Crippen LogP contribution is -2.44. The van der Waals surface area contributed by atoms with Gasteiger partial charge in [0.15, 0.2) is 0 Å². The molecule has 19 heavy (non-hydrogen) atoms. The van der Waals surface area contributed by atoms with Crippen molar-refractivity contribution < 1.29 is 9.53 Å². The molecule has 1 aliphatic heterocycles. The molecule has 1 aliphatic rings. The van der Waals surface area contributed by atoms with Gasteiger partial charge < -0.3 is 15.4 Å². The van der Waals surface area contributed by atoms with Gasteiger partial charge in [0.05, 0.1) is 0 Å². The first-order valence-corrected chi connectivity index (χ1v) is 7.48. The average Bonchev–Trinajstić information content (AvgIpc) is 2.26. The molecular formula is C15H30N2O2. The minimum Gasteiger partial charge on any atom is -0.444 e. The summed E-state index contributed by atoms with van der Waals surface area (Å²) in [6.07, 6.45) is 3.23. The van der Waals surface area contributed by atoms with Crippen LogP contribution in [0.15, 0.2) is 0 Å². The molecule has 1 rings (SSSR count). The Morgan fingerprint density at radius 2 is 2.11 bits per heavy atom. The normalized spacial score (nSPS) is 22.1. The lowest BCUT2D eigenvalue weighted by atomic mass is 9.88. The molecule has 2 unspecified atom stereocenters. The van der Waals surface area contributed by atoms with Crippen LogP contribution in [0.2, 0.25) is 0 Å². The highest BCUT2D eigenvalue weighted by atomic mass is 16.6. The SMILES string of the molecule is CC(C)C(CC1CCCNC1)NC(=O)OC(C)(C)C. The third-order valence-electron chi connectivity index (χ3n) is 3.49. The van der Waals surface area contributed by atoms with E-state index in [0.717, 1.165) is 19.5 Å². The smallest absolute Gasteiger partial charge is 0.407 e. The number of alkyl carbamates (subject to hydrolysis) is 1. The minimum atomic E-state index is -0.433. The van der Waals surface area contributed by atoms with Crippen molar-refractivity contribution in [3.8, 4) is 0 Å². The van der Waals surface area contributed by atoms with Crippen LogP contribution >= 0.6 is 0 Å². The summed E-state index contributed by atoms with van der Waals surface area (Å²) in [7, 11) is 0. The predicted molar refractivity (Wildman–Crippen MR) is 78.2 cm³/mol. The number of carbonyl (C=O) groups is 1. The maximum Gasteiger partial charge on any atom is 0.407 e. The molecule has 1 fully saturated rings. The van der Waals surface area contributed by atoms with Crippen molar-refractivity contribution in [2.75, 3.05) is 13.1 Å². The number of amides is 1. The molecule has 2 N–H and O–H groups in total. The van der Waals surface area contributed by atoms with Crippen LogP contribution in [0.25, 0.3) is 0 Å². The number of piperidine rings is 1. The first-order valence-electron chi connectivity index (χ1n) is 7.48. The summed E-state index contributed by atoms with van der Waals surface area (Å²) < 4.78 is 5.34. The van der Waals surface area contributed by atoms with Gasteiger partial charge in [-0.15, -0.1) is 0 Å². The van der Waals surface area contributed by atoms with E-state index in [0.29, 0.717) is 11.8 Å². The Bertz CT molecular complexity index is 278. The Morgan fingerprint density at radius 1 is 1.42 bits per heavy atom. The van der Waals surface area contributed by atoms with Gasteiger partial charge in [-0.3, -0.25) is 0 Å². The molecular weight excluding hydrogens is 240 g/mol. The number of nitrogens with one attached hydrogen (secondary N) is 2. The van der Waals surface area contributed by atoms with E-state index < -0.39 is 5.60 Å². The first kappa shape index (κ1) is 16.3. The van der Waals surface area contributed by atoms with E-state index in [2.05, 4.69) is 24.5 Å². The van der Waals surface area contributed by atoms with Crippen molar-refractivity contribution in [1.82, 2.24) is 10.6 Å². The van der Waals surface area contributed by atoms with Crippen LogP contribution in [0.1, 0.15) is 53.9 Å². The maximum atomic E-state index is 11.9. The molecule has 4 nitrogen and oxygen atoms in total. The Hall–Kier alpha value is -0.770. The number of ether oxygens (including phenoxy) is 1. The van der Waals surface area contributed by atoms with Crippen molar-refractivity contribution in [3.63, 3.8) is 0 Å². The average molecular weight is 270 g/mol. The zero-order valence-corrected chi connectivity index (χ0v) is 13.1. The highest BCUT2D eigenvalue weighted by Gasteiger charge is 2.24. The quantitative estimate of drug-likeness (QED) is 0.826. The summed E-state index contributed by atoms with van der Waals surface area (Å²) in [6.45, 7) is 12.2. The zero-order valence-electron chi connectivity index (χ0n) is 13.1. The van der Waals surface area contributed by atoms with Crippen LogP contribution in [-0.2, 0) is 4.74 Å². The predicted octanol–water partition coefficient (Wildman–Crippen LogP) is 2.93. The molecule has 0 saturated carbocycles. The lowest BCUT2D eigenvalue weighted by molar-refractivity contribution is 0.0479. The molecule has 2 atom stereocenters. The van der Waals surface area contributed by atoms with Crippen molar-refractivity contribution in [2.24, 2.45) is 11.8 Å². The van der Waals surface area contributed by atoms with Crippen molar-refractivity contribution >= 4 is 6.09 Å². The molecule has 4 heteroatoms. The Balaban J connectivity index is 2.45. The van der Waals surface area contributed by atoms with E-state index in [9.17, 15) is 4.79 Å². The van der Waals surface area contributed by atoms with Crippen LogP contribution in [0, 0.1) is 11.8 Å². The summed E-state index contributed by atoms with van der Waals surface area (Å²) in [6, 6.07) is 0.194. The van der Waals surface area contributed by atoms with E-state index in [1.54, 1.807) is 0 Å². The molecule has 0 aromatic heterocycles. The van der Waals surface area contributed by atoms with Gasteiger partial charge in [0, 0.05) is 6.04 Å². The van der Waals surface area contributed by atoms with Gasteiger partial charge >= 0.3 is 6.09 Å². The van der Waals surface area contributed by atoms with Crippen LogP contribution in [0.5, 0.6) is 0 Å². The van der Waals surface area contributed by atoms with Gasteiger partial charge in [-0.2, -0.15) is 0 Å². The number of carbonyl (C=O) groups excluding carboxylic acids is 1. The fourth-order valence-corrected chi connectivity index (χ4v) is 2.44. The van der Waals surface area contributed by atoms with Gasteiger partial charge in [-0.1, -0.05) is 13.8 Å². The molecule has 0 radical (unpaired) electrons. The molecule has 1 amide bonds. The van der Waals surface area contributed by atoms with Gasteiger partial charge in [0.1, 0.15) is 5.60 Å². The van der Waals surface area contributed by atoms with Crippen LogP contribution < -0.4 is 10.6 Å². The van der Waals surface area contributed by atoms with Gasteiger partial charge in [0.25, 0.3) is 0 Å². The number of hydrogen-bond acceptors (Lipinski definition) is 3. The molecule has 1 heterocycles. The molecule has 0 bridgehead atoms. The van der Waals surface area contributed by atoms with E-state index in [-0.39, 0.29) is 12.1 Å². The Kier molecular flexibility index (Phi) is 6.11. The number of hydrogen-bond donors (Lipinski definition) is 2. The fourth-order valence-electron chi connectivity index (χ4n) is 2.44. The highest BCUT2D eigenvalue weighted by Crippen LogP contribution is 2.20. The zero-order chi connectivity index (χ0) is 14.5. The second-order valence-corrected chi connectivity index (χ2v) is 6.94. The molecule has 0 aromatic carbocycles. The van der Waals surface area contributed by atoms with Gasteiger partial charge in [-0.25, -0.2) is 4.79 Å². The van der Waals surface area contributed by atoms with Gasteiger partial charge in [0.2, 0.25) is 0 Å². The Morgan fingerprint density at radius 3 is 2.58 bits per heavy atom. The van der Waals surface area contributed by atoms with Crippen molar-refractivity contribution in [3.05, 3.63) is 0 Å². The molecule has 0 spiro atoms. The third-order valence-corrected chi connectivity index (χ3v) is 3.49. The molecule has 112 valence electrons. The summed E-state index contributed by atoms with van der Waals surface area (Å²) >= 11 is 0. The summed E-state index contributed by atoms with van der Waals surface area (Å²) in [5.41, 5.74) is -0.433. The lowest BCUT2D eigenvalue weighted by Gasteiger charge is -2.30. The standard InChI is InChI=1S/C15H30N2O2/c1-11(2)13(9-12-7-6-8-16-10-12)17-14(18)19-15(3,4)5/h11-13,16H,6-10H2,1-5H3,(H,17,18). The van der Waals surface area contributed by atoms with E-state index in [1.807, 2.05) is 20.8 Å². The van der Waals surface area contributed by atoms with Crippen LogP contribution in [-0.4, -0.2) is 30.8 Å². The maximum absolute atomic E-state index is 11.9. The van der Waals surface area contributed by atoms with Crippen LogP contribution in [0.4, 0.5) is 4.79 Å². The molecule has 0 aliphatic carbocycles. The van der Waals surface area contributed by atoms with E-state index in [4.69, 9.17) is 4.74 Å². The van der Waals surface area contributed by atoms with Gasteiger partial charge in [-0.05, 0) is 65.0 Å². The van der Waals surface area contributed by atoms with Crippen LogP contribution in [0.3, 0.4) is 0 Å². The summed E-state index contributed by atoms with van der Waals surface area (Å²) in [5, 5.41) is 6.46. The minimum absolute atomic E-state index is 0.194. The molecule has 0 aromatic rings. The van der Waals surface area contributed by atoms with E-state index >= 15 is 0 Å². The largest absolute Gasteiger partial charge is 0.444 e. The summed E-state index contributed by atoms with van der Waals surface area (Å²) in [4.78, 5) is 11.9. The van der Waals surface area contributed by atoms with Crippen molar-refractivity contribution in [2.45, 2.75) is 65.5 Å². The number of rotatable bonds is 4. The highest BCUT2D eigenvalue weighted by molar-refractivity contribution is 5.68. The van der Waals surface area contributed by atoms with Crippen molar-refractivity contribution in [1.29, 1.82) is 0 Å². The second kappa shape index (κ2) is 7.13. The second-order valence-electron chi connectivity index (χ2n) is 6.94. The van der Waals surface area contributed by atoms with E-state index in [1.165, 1.54) is 12.8 Å². The summed E-state index contributed by atoms with van der Waals surface area (Å²) in [5.74, 6) is 1.09. The fraction of sp³-hybridized carbons (Fsp3) is 0.933. The Labute approximate surface area is 117 Å². The first-order chi connectivity index (χ1) is 8.78.